The summed E-state index contributed by atoms with van der Waals surface area (Å²) < 4.78 is 82.0. The molecule has 0 amide bonds. The summed E-state index contributed by atoms with van der Waals surface area (Å²) in [7, 11) is 2.05. The Morgan fingerprint density at radius 2 is 1.73 bits per heavy atom. The molecule has 2 aromatic carbocycles. The Morgan fingerprint density at radius 3 is 2.40 bits per heavy atom. The Bertz CT molecular complexity index is 1620. The molecule has 2 atom stereocenters. The zero-order valence-corrected chi connectivity index (χ0v) is 21.9. The number of anilines is 1. The van der Waals surface area contributed by atoms with Crippen LogP contribution in [0.25, 0.3) is 5.57 Å². The molecule has 210 valence electrons. The number of aromatic hydroxyl groups is 1. The summed E-state index contributed by atoms with van der Waals surface area (Å²) in [6, 6.07) is 7.06. The average Bonchev–Trinajstić information content (AvgIpc) is 3.56. The van der Waals surface area contributed by atoms with Crippen molar-refractivity contribution in [2.75, 3.05) is 25.0 Å². The molecule has 2 bridgehead atoms. The number of piperazine rings is 1. The van der Waals surface area contributed by atoms with Crippen LogP contribution in [0.5, 0.6) is 5.88 Å². The second kappa shape index (κ2) is 9.58. The predicted molar refractivity (Wildman–Crippen MR) is 138 cm³/mol. The van der Waals surface area contributed by atoms with Gasteiger partial charge in [0, 0.05) is 37.2 Å². The molecule has 0 saturated carbocycles. The molecule has 0 aliphatic carbocycles. The number of hydrogen-bond acceptors (Lipinski definition) is 7. The number of hydrogen-bond donors (Lipinski definition) is 1. The van der Waals surface area contributed by atoms with Crippen LogP contribution in [-0.4, -0.2) is 53.4 Å². The second-order valence-corrected chi connectivity index (χ2v) is 11.3. The van der Waals surface area contributed by atoms with Crippen LogP contribution in [0.2, 0.25) is 0 Å². The monoisotopic (exact) mass is 579 g/mol. The Hall–Kier alpha value is -3.45. The third-order valence-corrected chi connectivity index (χ3v) is 8.72. The number of benzene rings is 2. The first-order chi connectivity index (χ1) is 18.9. The van der Waals surface area contributed by atoms with E-state index >= 15 is 0 Å². The Balaban J connectivity index is 1.49. The molecular weight excluding hydrogens is 556 g/mol. The van der Waals surface area contributed by atoms with E-state index in [0.717, 1.165) is 32.0 Å². The molecule has 6 nitrogen and oxygen atoms in total. The summed E-state index contributed by atoms with van der Waals surface area (Å²) in [5.74, 6) is -0.326. The Morgan fingerprint density at radius 1 is 1.00 bits per heavy atom. The number of fused-ring (bicyclic) bond motifs is 3. The summed E-state index contributed by atoms with van der Waals surface area (Å²) in [5.41, 5.74) is -2.15. The summed E-state index contributed by atoms with van der Waals surface area (Å²) in [6.45, 7) is 1.66. The topological polar surface area (TPSA) is 64.3 Å². The van der Waals surface area contributed by atoms with Crippen molar-refractivity contribution in [2.24, 2.45) is 10.2 Å². The molecule has 2 fully saturated rings. The largest absolute Gasteiger partial charge is 0.492 e. The Kier molecular flexibility index (Phi) is 6.41. The smallest absolute Gasteiger partial charge is 0.416 e. The van der Waals surface area contributed by atoms with Crippen molar-refractivity contribution in [1.82, 2.24) is 9.88 Å². The normalized spacial score (nSPS) is 21.5. The van der Waals surface area contributed by atoms with E-state index in [9.17, 15) is 31.4 Å². The molecule has 1 aromatic heterocycles. The van der Waals surface area contributed by atoms with E-state index in [2.05, 4.69) is 25.0 Å². The number of aromatic nitrogens is 1. The molecule has 1 N–H and O–H groups in total. The van der Waals surface area contributed by atoms with Crippen molar-refractivity contribution in [2.45, 2.75) is 43.7 Å². The van der Waals surface area contributed by atoms with Gasteiger partial charge in [0.1, 0.15) is 0 Å². The number of halogens is 6. The van der Waals surface area contributed by atoms with Gasteiger partial charge in [-0.1, -0.05) is 23.5 Å². The van der Waals surface area contributed by atoms with Gasteiger partial charge >= 0.3 is 12.4 Å². The molecule has 3 aliphatic heterocycles. The van der Waals surface area contributed by atoms with Gasteiger partial charge in [-0.15, -0.1) is 0 Å². The van der Waals surface area contributed by atoms with E-state index in [-0.39, 0.29) is 40.9 Å². The van der Waals surface area contributed by atoms with Crippen LogP contribution in [0.4, 0.5) is 31.5 Å². The molecule has 4 heterocycles. The fraction of sp³-hybridized carbons (Fsp3) is 0.370. The minimum absolute atomic E-state index is 0.140. The number of nitrogens with zero attached hydrogens (tertiary/aromatic N) is 5. The van der Waals surface area contributed by atoms with Crippen molar-refractivity contribution in [1.29, 1.82) is 0 Å². The summed E-state index contributed by atoms with van der Waals surface area (Å²) in [5, 5.41) is 20.5. The molecule has 40 heavy (non-hydrogen) atoms. The van der Waals surface area contributed by atoms with Crippen molar-refractivity contribution in [3.05, 3.63) is 74.1 Å². The highest BCUT2D eigenvalue weighted by Crippen LogP contribution is 2.43. The third kappa shape index (κ3) is 4.85. The van der Waals surface area contributed by atoms with Gasteiger partial charge in [-0.3, -0.25) is 0 Å². The molecule has 6 rings (SSSR count). The highest BCUT2D eigenvalue weighted by Gasteiger charge is 2.41. The van der Waals surface area contributed by atoms with Crippen LogP contribution in [0.3, 0.4) is 0 Å². The lowest BCUT2D eigenvalue weighted by molar-refractivity contribution is -0.143. The van der Waals surface area contributed by atoms with Gasteiger partial charge in [0.15, 0.2) is 5.13 Å². The van der Waals surface area contributed by atoms with E-state index in [4.69, 9.17) is 0 Å². The fourth-order valence-electron chi connectivity index (χ4n) is 5.80. The SMILES string of the molecule is CN1CC2CCC(C1)N2c1nc(O)c(C(Cc2ccc(C(F)(F)F)cc2C(F)(F)F)=c2ccc3c(c2)C=NN=3)s1. The standard InChI is InChI=1S/C27H23F6N5OS/c1-37-12-18-5-6-19(13-37)38(18)25-35-24(39)23(40-25)20(14-3-7-22-16(8-14)11-34-36-22)9-15-2-4-17(26(28,29)30)10-21(15)27(31,32)33/h2-4,7-8,10-11,18-19,39H,5-6,9,12-13H2,1H3. The predicted octanol–water partition coefficient (Wildman–Crippen LogP) is 4.58. The molecule has 0 spiro atoms. The zero-order chi connectivity index (χ0) is 28.4. The summed E-state index contributed by atoms with van der Waals surface area (Å²) in [4.78, 5) is 9.12. The lowest BCUT2D eigenvalue weighted by atomic mass is 9.94. The van der Waals surface area contributed by atoms with Crippen LogP contribution in [-0.2, 0) is 18.8 Å². The van der Waals surface area contributed by atoms with E-state index in [0.29, 0.717) is 32.9 Å². The van der Waals surface area contributed by atoms with Crippen LogP contribution in [0.15, 0.2) is 46.6 Å². The van der Waals surface area contributed by atoms with Crippen molar-refractivity contribution >= 4 is 28.3 Å². The van der Waals surface area contributed by atoms with Gasteiger partial charge < -0.3 is 14.9 Å². The van der Waals surface area contributed by atoms with Crippen molar-refractivity contribution in [3.8, 4) is 5.88 Å². The highest BCUT2D eigenvalue weighted by atomic mass is 32.1. The molecule has 3 aromatic rings. The van der Waals surface area contributed by atoms with E-state index < -0.39 is 23.5 Å². The van der Waals surface area contributed by atoms with Crippen LogP contribution >= 0.6 is 11.3 Å². The van der Waals surface area contributed by atoms with Gasteiger partial charge in [-0.25, -0.2) is 0 Å². The first-order valence-electron chi connectivity index (χ1n) is 12.6. The second-order valence-electron chi connectivity index (χ2n) is 10.3. The quantitative estimate of drug-likeness (QED) is 0.460. The Labute approximate surface area is 228 Å². The minimum Gasteiger partial charge on any atom is -0.492 e. The van der Waals surface area contributed by atoms with Crippen LogP contribution < -0.4 is 15.5 Å². The molecule has 2 saturated heterocycles. The minimum atomic E-state index is -5.02. The first-order valence-corrected chi connectivity index (χ1v) is 13.4. The first kappa shape index (κ1) is 26.8. The molecule has 2 unspecified atom stereocenters. The lowest BCUT2D eigenvalue weighted by Crippen LogP contribution is -2.52. The summed E-state index contributed by atoms with van der Waals surface area (Å²) >= 11 is 1.18. The maximum Gasteiger partial charge on any atom is 0.416 e. The molecule has 0 radical (unpaired) electrons. The average molecular weight is 580 g/mol. The molecule has 3 aliphatic rings. The number of alkyl halides is 6. The maximum atomic E-state index is 14.0. The molecular formula is C27H23F6N5OS. The van der Waals surface area contributed by atoms with Gasteiger partial charge in [0.05, 0.1) is 27.6 Å². The number of thiazole rings is 1. The summed E-state index contributed by atoms with van der Waals surface area (Å²) in [6.07, 6.45) is -6.89. The fourth-order valence-corrected chi connectivity index (χ4v) is 6.97. The van der Waals surface area contributed by atoms with Gasteiger partial charge in [0.2, 0.25) is 5.88 Å². The number of likely N-dealkylation sites (N-methyl/N-ethyl adjacent to an activating group) is 1. The van der Waals surface area contributed by atoms with Gasteiger partial charge in [-0.2, -0.15) is 41.5 Å². The highest BCUT2D eigenvalue weighted by molar-refractivity contribution is 7.17. The van der Waals surface area contributed by atoms with Crippen molar-refractivity contribution < 1.29 is 31.4 Å². The van der Waals surface area contributed by atoms with E-state index in [1.165, 1.54) is 17.6 Å². The van der Waals surface area contributed by atoms with Gasteiger partial charge in [-0.05, 0) is 60.5 Å². The number of likely N-dealkylation sites (tertiary alicyclic amines) is 1. The van der Waals surface area contributed by atoms with E-state index in [1.54, 1.807) is 18.2 Å². The van der Waals surface area contributed by atoms with Crippen molar-refractivity contribution in [3.63, 3.8) is 0 Å². The lowest BCUT2D eigenvalue weighted by Gasteiger charge is -2.39. The van der Waals surface area contributed by atoms with Gasteiger partial charge in [0.25, 0.3) is 0 Å². The number of rotatable bonds is 4. The third-order valence-electron chi connectivity index (χ3n) is 7.61. The van der Waals surface area contributed by atoms with E-state index in [1.807, 2.05) is 7.05 Å². The van der Waals surface area contributed by atoms with Crippen LogP contribution in [0, 0.1) is 0 Å². The molecule has 13 heteroatoms. The van der Waals surface area contributed by atoms with Crippen LogP contribution in [0.1, 0.15) is 40.0 Å². The maximum absolute atomic E-state index is 14.0. The zero-order valence-electron chi connectivity index (χ0n) is 21.1.